The Labute approximate surface area is 277 Å². The number of para-hydroxylation sites is 1. The molecule has 1 aliphatic heterocycles. The molecule has 2 amide bonds. The second-order valence-corrected chi connectivity index (χ2v) is 18.0. The van der Waals surface area contributed by atoms with Gasteiger partial charge >= 0.3 is 6.03 Å². The van der Waals surface area contributed by atoms with Crippen LogP contribution in [0.25, 0.3) is 5.69 Å². The van der Waals surface area contributed by atoms with Gasteiger partial charge in [-0.05, 0) is 61.3 Å². The summed E-state index contributed by atoms with van der Waals surface area (Å²) in [5.41, 5.74) is 1.98. The molecule has 13 heteroatoms. The number of rotatable bonds is 15. The highest BCUT2D eigenvalue weighted by atomic mass is 28.4. The molecule has 1 aromatic heterocycles. The van der Waals surface area contributed by atoms with Gasteiger partial charge in [-0.25, -0.2) is 18.3 Å². The fourth-order valence-electron chi connectivity index (χ4n) is 5.91. The first-order valence-corrected chi connectivity index (χ1v) is 18.9. The summed E-state index contributed by atoms with van der Waals surface area (Å²) in [4.78, 5) is 26.6. The van der Waals surface area contributed by atoms with Gasteiger partial charge in [-0.3, -0.25) is 10.2 Å². The Balaban J connectivity index is 1.56. The van der Waals surface area contributed by atoms with Crippen LogP contribution in [0.4, 0.5) is 19.4 Å². The molecule has 0 unspecified atom stereocenters. The molecule has 0 saturated carbocycles. The van der Waals surface area contributed by atoms with E-state index in [-0.39, 0.29) is 22.9 Å². The Kier molecular flexibility index (Phi) is 12.2. The van der Waals surface area contributed by atoms with Gasteiger partial charge in [0.2, 0.25) is 5.88 Å². The molecule has 47 heavy (non-hydrogen) atoms. The van der Waals surface area contributed by atoms with E-state index >= 15 is 0 Å². The number of hydrogen-bond acceptors (Lipinski definition) is 7. The number of nitrogens with zero attached hydrogens (tertiary/aromatic N) is 3. The van der Waals surface area contributed by atoms with Gasteiger partial charge in [0.15, 0.2) is 20.0 Å². The number of amides is 2. The lowest BCUT2D eigenvalue weighted by molar-refractivity contribution is 0.103. The van der Waals surface area contributed by atoms with Crippen LogP contribution in [0.3, 0.4) is 0 Å². The zero-order valence-electron chi connectivity index (χ0n) is 28.5. The van der Waals surface area contributed by atoms with Crippen LogP contribution >= 0.6 is 0 Å². The third kappa shape index (κ3) is 9.17. The highest BCUT2D eigenvalue weighted by Crippen LogP contribution is 2.42. The van der Waals surface area contributed by atoms with E-state index in [4.69, 9.17) is 19.3 Å². The summed E-state index contributed by atoms with van der Waals surface area (Å²) in [6.07, 6.45) is 0.713. The molecule has 0 radical (unpaired) electrons. The lowest BCUT2D eigenvalue weighted by atomic mass is 9.94. The fourth-order valence-corrected chi connectivity index (χ4v) is 6.70. The predicted octanol–water partition coefficient (Wildman–Crippen LogP) is 5.70. The second kappa shape index (κ2) is 15.7. The highest BCUT2D eigenvalue weighted by Gasteiger charge is 2.40. The number of ether oxygens (including phenoxy) is 3. The third-order valence-corrected chi connectivity index (χ3v) is 12.8. The molecule has 0 bridgehead atoms. The van der Waals surface area contributed by atoms with Crippen molar-refractivity contribution in [3.63, 3.8) is 0 Å². The number of aromatic nitrogens is 2. The maximum atomic E-state index is 14.2. The van der Waals surface area contributed by atoms with Gasteiger partial charge in [-0.15, -0.1) is 5.10 Å². The van der Waals surface area contributed by atoms with Crippen LogP contribution in [0.1, 0.15) is 37.3 Å². The van der Waals surface area contributed by atoms with E-state index in [1.54, 1.807) is 25.0 Å². The SMILES string of the molecule is COCCN1C[C@@H](NC(=O)Nc2c(C)c(OC[C@H](COC)CC(C)(C)[Si](C)(C)O)nn2-c2ccccc2)[C@H](c2ccc(F)c(F)c2)C1. The summed E-state index contributed by atoms with van der Waals surface area (Å²) < 4.78 is 46.6. The Morgan fingerprint density at radius 2 is 1.81 bits per heavy atom. The Bertz CT molecular complexity index is 1480. The number of benzene rings is 2. The van der Waals surface area contributed by atoms with Gasteiger partial charge in [-0.1, -0.05) is 38.1 Å². The van der Waals surface area contributed by atoms with Crippen molar-refractivity contribution in [3.8, 4) is 11.6 Å². The number of methoxy groups -OCH3 is 2. The van der Waals surface area contributed by atoms with Crippen LogP contribution in [0, 0.1) is 24.5 Å². The topological polar surface area (TPSA) is 110 Å². The molecule has 1 aliphatic rings. The van der Waals surface area contributed by atoms with Gasteiger partial charge in [0.25, 0.3) is 0 Å². The number of anilines is 1. The molecule has 4 rings (SSSR count). The minimum absolute atomic E-state index is 0.00607. The quantitative estimate of drug-likeness (QED) is 0.178. The first-order valence-electron chi connectivity index (χ1n) is 16.0. The molecule has 3 N–H and O–H groups in total. The number of hydrogen-bond donors (Lipinski definition) is 3. The van der Waals surface area contributed by atoms with Gasteiger partial charge < -0.3 is 24.3 Å². The molecule has 258 valence electrons. The average Bonchev–Trinajstić information content (AvgIpc) is 3.56. The third-order valence-electron chi connectivity index (χ3n) is 9.32. The zero-order chi connectivity index (χ0) is 34.4. The molecule has 2 heterocycles. The first-order chi connectivity index (χ1) is 22.2. The molecule has 1 fully saturated rings. The smallest absolute Gasteiger partial charge is 0.320 e. The normalized spacial score (nSPS) is 17.9. The molecule has 3 aromatic rings. The molecular formula is C34H49F2N5O5Si. The Morgan fingerprint density at radius 1 is 1.09 bits per heavy atom. The number of carbonyl (C=O) groups excluding carboxylic acids is 1. The van der Waals surface area contributed by atoms with E-state index in [0.717, 1.165) is 11.8 Å². The number of carbonyl (C=O) groups is 1. The average molecular weight is 674 g/mol. The van der Waals surface area contributed by atoms with Crippen molar-refractivity contribution in [3.05, 3.63) is 71.3 Å². The van der Waals surface area contributed by atoms with E-state index in [1.165, 1.54) is 6.07 Å². The van der Waals surface area contributed by atoms with Crippen molar-refractivity contribution in [1.82, 2.24) is 20.0 Å². The number of halogens is 2. The summed E-state index contributed by atoms with van der Waals surface area (Å²) >= 11 is 0. The minimum atomic E-state index is -2.45. The van der Waals surface area contributed by atoms with Crippen molar-refractivity contribution >= 4 is 20.2 Å². The van der Waals surface area contributed by atoms with E-state index < -0.39 is 26.0 Å². The number of urea groups is 1. The van der Waals surface area contributed by atoms with E-state index in [1.807, 2.05) is 50.3 Å². The van der Waals surface area contributed by atoms with Gasteiger partial charge in [-0.2, -0.15) is 0 Å². The van der Waals surface area contributed by atoms with Gasteiger partial charge in [0, 0.05) is 45.7 Å². The molecular weight excluding hydrogens is 624 g/mol. The maximum absolute atomic E-state index is 14.2. The Hall–Kier alpha value is -3.36. The van der Waals surface area contributed by atoms with Crippen LogP contribution in [0.5, 0.6) is 5.88 Å². The van der Waals surface area contributed by atoms with Crippen molar-refractivity contribution in [2.75, 3.05) is 59.0 Å². The van der Waals surface area contributed by atoms with E-state index in [2.05, 4.69) is 29.4 Å². The monoisotopic (exact) mass is 673 g/mol. The second-order valence-electron chi connectivity index (χ2n) is 13.5. The summed E-state index contributed by atoms with van der Waals surface area (Å²) in [6, 6.07) is 12.5. The largest absolute Gasteiger partial charge is 0.476 e. The Morgan fingerprint density at radius 3 is 2.45 bits per heavy atom. The maximum Gasteiger partial charge on any atom is 0.320 e. The lowest BCUT2D eigenvalue weighted by Gasteiger charge is -2.37. The summed E-state index contributed by atoms with van der Waals surface area (Å²) in [5, 5.41) is 10.5. The number of likely N-dealkylation sites (tertiary alicyclic amines) is 1. The van der Waals surface area contributed by atoms with Gasteiger partial charge in [0.05, 0.1) is 37.1 Å². The van der Waals surface area contributed by atoms with Crippen LogP contribution in [0.2, 0.25) is 18.1 Å². The van der Waals surface area contributed by atoms with Crippen LogP contribution in [-0.2, 0) is 9.47 Å². The van der Waals surface area contributed by atoms with E-state index in [0.29, 0.717) is 68.7 Å². The zero-order valence-corrected chi connectivity index (χ0v) is 29.5. The first kappa shape index (κ1) is 36.5. The molecule has 2 aromatic carbocycles. The van der Waals surface area contributed by atoms with Crippen molar-refractivity contribution in [2.24, 2.45) is 5.92 Å². The molecule has 10 nitrogen and oxygen atoms in total. The van der Waals surface area contributed by atoms with Crippen LogP contribution in [0.15, 0.2) is 48.5 Å². The molecule has 3 atom stereocenters. The summed E-state index contributed by atoms with van der Waals surface area (Å²) in [7, 11) is 0.820. The summed E-state index contributed by atoms with van der Waals surface area (Å²) in [5.74, 6) is -1.28. The van der Waals surface area contributed by atoms with Crippen molar-refractivity contribution < 1.29 is 32.6 Å². The van der Waals surface area contributed by atoms with Crippen molar-refractivity contribution in [2.45, 2.75) is 57.3 Å². The van der Waals surface area contributed by atoms with Crippen molar-refractivity contribution in [1.29, 1.82) is 0 Å². The van der Waals surface area contributed by atoms with Gasteiger partial charge in [0.1, 0.15) is 5.82 Å². The van der Waals surface area contributed by atoms with Crippen LogP contribution < -0.4 is 15.4 Å². The standard InChI is InChI=1S/C34H49F2N5O5Si/c1-23-31(38-33(42)37-30-20-40(15-16-44-4)19-27(30)25-13-14-28(35)29(36)17-25)41(26-11-9-8-10-12-26)39-32(23)46-22-24(21-45-5)18-34(2,3)47(6,7)43/h8-14,17,24,27,30,43H,15-16,18-22H2,1-7H3,(H2,37,38,42)/t24-,27-,30+/m0/s1. The molecule has 1 saturated heterocycles. The highest BCUT2D eigenvalue weighted by molar-refractivity contribution is 6.72. The fraction of sp³-hybridized carbons (Fsp3) is 0.529. The van der Waals surface area contributed by atoms with Crippen LogP contribution in [-0.4, -0.2) is 93.5 Å². The minimum Gasteiger partial charge on any atom is -0.476 e. The molecule has 0 spiro atoms. The van der Waals surface area contributed by atoms with E-state index in [9.17, 15) is 18.4 Å². The molecule has 0 aliphatic carbocycles. The number of nitrogens with one attached hydrogen (secondary N) is 2. The lowest BCUT2D eigenvalue weighted by Crippen LogP contribution is -2.42. The summed E-state index contributed by atoms with van der Waals surface area (Å²) in [6.45, 7) is 12.8. The predicted molar refractivity (Wildman–Crippen MR) is 181 cm³/mol.